The van der Waals surface area contributed by atoms with E-state index in [1.165, 1.54) is 16.2 Å². The van der Waals surface area contributed by atoms with Crippen LogP contribution >= 0.6 is 11.3 Å². The minimum atomic E-state index is -1.00. The molecule has 0 bridgehead atoms. The van der Waals surface area contributed by atoms with Crippen molar-refractivity contribution in [1.82, 2.24) is 4.98 Å². The number of benzene rings is 1. The average Bonchev–Trinajstić information content (AvgIpc) is 3.05. The Kier molecular flexibility index (Phi) is 2.79. The predicted octanol–water partition coefficient (Wildman–Crippen LogP) is 1.80. The number of amides is 1. The zero-order chi connectivity index (χ0) is 13.4. The number of hydrogen-bond acceptors (Lipinski definition) is 4. The lowest BCUT2D eigenvalue weighted by molar-refractivity contribution is -0.138. The molecule has 1 amide bonds. The topological polar surface area (TPSA) is 70.5 Å². The molecule has 5 nitrogen and oxygen atoms in total. The number of aromatic nitrogens is 1. The molecule has 0 aliphatic carbocycles. The highest BCUT2D eigenvalue weighted by Crippen LogP contribution is 2.33. The minimum Gasteiger partial charge on any atom is -0.480 e. The first-order valence-electron chi connectivity index (χ1n) is 5.71. The Morgan fingerprint density at radius 1 is 1.37 bits per heavy atom. The molecule has 19 heavy (non-hydrogen) atoms. The standard InChI is InChI=1S/C13H10N2O3S/c16-12(9-6-19-7-14-9)15-10-4-2-1-3-8(10)5-11(15)13(17)18/h1-4,6-7,11H,5H2,(H,17,18)/t11-/m0/s1. The second kappa shape index (κ2) is 4.47. The van der Waals surface area contributed by atoms with Crippen molar-refractivity contribution in [3.8, 4) is 0 Å². The third-order valence-corrected chi connectivity index (χ3v) is 3.72. The fraction of sp³-hybridized carbons (Fsp3) is 0.154. The lowest BCUT2D eigenvalue weighted by Crippen LogP contribution is -2.43. The van der Waals surface area contributed by atoms with E-state index < -0.39 is 12.0 Å². The largest absolute Gasteiger partial charge is 0.480 e. The van der Waals surface area contributed by atoms with Gasteiger partial charge in [-0.05, 0) is 11.6 Å². The molecule has 1 aliphatic heterocycles. The second-order valence-corrected chi connectivity index (χ2v) is 4.95. The number of fused-ring (bicyclic) bond motifs is 1. The summed E-state index contributed by atoms with van der Waals surface area (Å²) in [6.07, 6.45) is 0.335. The van der Waals surface area contributed by atoms with Crippen molar-refractivity contribution in [3.05, 3.63) is 46.4 Å². The number of thiazole rings is 1. The maximum Gasteiger partial charge on any atom is 0.327 e. The number of aliphatic carboxylic acids is 1. The fourth-order valence-corrected chi connectivity index (χ4v) is 2.80. The molecule has 1 aliphatic rings. The Morgan fingerprint density at radius 2 is 2.16 bits per heavy atom. The Morgan fingerprint density at radius 3 is 2.84 bits per heavy atom. The molecule has 96 valence electrons. The summed E-state index contributed by atoms with van der Waals surface area (Å²) in [5.41, 5.74) is 3.38. The van der Waals surface area contributed by atoms with Crippen LogP contribution in [0.4, 0.5) is 5.69 Å². The molecule has 1 aromatic heterocycles. The molecule has 0 fully saturated rings. The highest BCUT2D eigenvalue weighted by atomic mass is 32.1. The Hall–Kier alpha value is -2.21. The number of carbonyl (C=O) groups is 2. The average molecular weight is 274 g/mol. The molecular weight excluding hydrogens is 264 g/mol. The molecule has 2 heterocycles. The normalized spacial score (nSPS) is 17.3. The monoisotopic (exact) mass is 274 g/mol. The first-order valence-corrected chi connectivity index (χ1v) is 6.65. The summed E-state index contributed by atoms with van der Waals surface area (Å²) in [7, 11) is 0. The third kappa shape index (κ3) is 1.90. The van der Waals surface area contributed by atoms with Crippen LogP contribution in [0.15, 0.2) is 35.2 Å². The summed E-state index contributed by atoms with van der Waals surface area (Å²) in [5.74, 6) is -1.36. The quantitative estimate of drug-likeness (QED) is 0.906. The Balaban J connectivity index is 2.05. The molecule has 1 atom stereocenters. The van der Waals surface area contributed by atoms with E-state index in [9.17, 15) is 14.7 Å². The zero-order valence-corrected chi connectivity index (χ0v) is 10.6. The molecule has 0 saturated heterocycles. The van der Waals surface area contributed by atoms with Gasteiger partial charge in [0.15, 0.2) is 0 Å². The Bertz CT molecular complexity index is 639. The van der Waals surface area contributed by atoms with E-state index in [4.69, 9.17) is 0 Å². The van der Waals surface area contributed by atoms with E-state index in [0.717, 1.165) is 5.56 Å². The summed E-state index contributed by atoms with van der Waals surface area (Å²) >= 11 is 1.31. The molecule has 0 radical (unpaired) electrons. The summed E-state index contributed by atoms with van der Waals surface area (Å²) in [5, 5.41) is 10.9. The smallest absolute Gasteiger partial charge is 0.327 e. The van der Waals surface area contributed by atoms with Crippen molar-refractivity contribution in [3.63, 3.8) is 0 Å². The van der Waals surface area contributed by atoms with Crippen LogP contribution in [0.2, 0.25) is 0 Å². The molecule has 6 heteroatoms. The molecule has 1 aromatic carbocycles. The first-order chi connectivity index (χ1) is 9.18. The number of carboxylic acid groups (broad SMARTS) is 1. The molecule has 0 saturated carbocycles. The van der Waals surface area contributed by atoms with Crippen molar-refractivity contribution in [1.29, 1.82) is 0 Å². The lowest BCUT2D eigenvalue weighted by atomic mass is 10.1. The van der Waals surface area contributed by atoms with Gasteiger partial charge in [0.2, 0.25) is 0 Å². The van der Waals surface area contributed by atoms with Crippen LogP contribution in [0, 0.1) is 0 Å². The van der Waals surface area contributed by atoms with Crippen LogP contribution in [0.25, 0.3) is 0 Å². The molecule has 1 N–H and O–H groups in total. The maximum absolute atomic E-state index is 12.4. The first kappa shape index (κ1) is 11.9. The zero-order valence-electron chi connectivity index (χ0n) is 9.81. The Labute approximate surface area is 113 Å². The summed E-state index contributed by atoms with van der Waals surface area (Å²) in [6.45, 7) is 0. The van der Waals surface area contributed by atoms with Crippen molar-refractivity contribution < 1.29 is 14.7 Å². The van der Waals surface area contributed by atoms with Gasteiger partial charge in [-0.15, -0.1) is 11.3 Å². The maximum atomic E-state index is 12.4. The summed E-state index contributed by atoms with van der Waals surface area (Å²) in [4.78, 5) is 29.0. The van der Waals surface area contributed by atoms with E-state index in [1.807, 2.05) is 12.1 Å². The molecule has 3 rings (SSSR count). The van der Waals surface area contributed by atoms with Crippen molar-refractivity contribution in [2.45, 2.75) is 12.5 Å². The molecule has 0 unspecified atom stereocenters. The van der Waals surface area contributed by atoms with E-state index in [1.54, 1.807) is 23.0 Å². The molecule has 2 aromatic rings. The highest BCUT2D eigenvalue weighted by Gasteiger charge is 2.39. The van der Waals surface area contributed by atoms with Crippen LogP contribution in [0.5, 0.6) is 0 Å². The van der Waals surface area contributed by atoms with Gasteiger partial charge in [0.25, 0.3) is 5.91 Å². The van der Waals surface area contributed by atoms with Crippen molar-refractivity contribution >= 4 is 28.9 Å². The van der Waals surface area contributed by atoms with Crippen LogP contribution in [-0.4, -0.2) is 28.0 Å². The summed E-state index contributed by atoms with van der Waals surface area (Å²) < 4.78 is 0. The van der Waals surface area contributed by atoms with Gasteiger partial charge in [-0.1, -0.05) is 18.2 Å². The van der Waals surface area contributed by atoms with Gasteiger partial charge in [-0.25, -0.2) is 9.78 Å². The molecule has 0 spiro atoms. The number of nitrogens with zero attached hydrogens (tertiary/aromatic N) is 2. The van der Waals surface area contributed by atoms with Crippen molar-refractivity contribution in [2.75, 3.05) is 4.90 Å². The number of carboxylic acids is 1. The number of para-hydroxylation sites is 1. The molecular formula is C13H10N2O3S. The van der Waals surface area contributed by atoms with E-state index >= 15 is 0 Å². The van der Waals surface area contributed by atoms with Gasteiger partial charge < -0.3 is 5.11 Å². The highest BCUT2D eigenvalue weighted by molar-refractivity contribution is 7.07. The number of rotatable bonds is 2. The number of hydrogen-bond donors (Lipinski definition) is 1. The van der Waals surface area contributed by atoms with E-state index in [0.29, 0.717) is 12.1 Å². The van der Waals surface area contributed by atoms with Crippen LogP contribution in [-0.2, 0) is 11.2 Å². The van der Waals surface area contributed by atoms with E-state index in [2.05, 4.69) is 4.98 Å². The minimum absolute atomic E-state index is 0.285. The lowest BCUT2D eigenvalue weighted by Gasteiger charge is -2.21. The summed E-state index contributed by atoms with van der Waals surface area (Å²) in [6, 6.07) is 6.40. The van der Waals surface area contributed by atoms with E-state index in [-0.39, 0.29) is 11.6 Å². The third-order valence-electron chi connectivity index (χ3n) is 3.13. The number of anilines is 1. The van der Waals surface area contributed by atoms with Gasteiger partial charge in [0.1, 0.15) is 11.7 Å². The number of carbonyl (C=O) groups excluding carboxylic acids is 1. The van der Waals surface area contributed by atoms with Crippen molar-refractivity contribution in [2.24, 2.45) is 0 Å². The second-order valence-electron chi connectivity index (χ2n) is 4.24. The fourth-order valence-electron chi connectivity index (χ4n) is 2.28. The van der Waals surface area contributed by atoms with Gasteiger partial charge >= 0.3 is 5.97 Å². The van der Waals surface area contributed by atoms with Gasteiger partial charge in [-0.3, -0.25) is 9.69 Å². The van der Waals surface area contributed by atoms with Crippen LogP contribution in [0.1, 0.15) is 16.1 Å². The predicted molar refractivity (Wildman–Crippen MR) is 70.5 cm³/mol. The van der Waals surface area contributed by atoms with Gasteiger partial charge in [0.05, 0.1) is 5.51 Å². The van der Waals surface area contributed by atoms with Crippen LogP contribution < -0.4 is 4.90 Å². The SMILES string of the molecule is O=C(O)[C@@H]1Cc2ccccc2N1C(=O)c1cscn1. The van der Waals surface area contributed by atoms with Gasteiger partial charge in [-0.2, -0.15) is 0 Å². The van der Waals surface area contributed by atoms with Crippen LogP contribution in [0.3, 0.4) is 0 Å². The van der Waals surface area contributed by atoms with Gasteiger partial charge in [0, 0.05) is 17.5 Å².